The van der Waals surface area contributed by atoms with Crippen molar-refractivity contribution in [3.05, 3.63) is 268 Å². The molecule has 0 unspecified atom stereocenters. The van der Waals surface area contributed by atoms with Gasteiger partial charge in [0, 0.05) is 22.6 Å². The molecule has 8 aromatic rings. The van der Waals surface area contributed by atoms with E-state index < -0.39 is 42.6 Å². The number of nitrogens with two attached hydrogens (primary N) is 3. The zero-order valence-corrected chi connectivity index (χ0v) is 49.4. The minimum Gasteiger partial charge on any atom is -0.478 e. The Morgan fingerprint density at radius 2 is 0.763 bits per heavy atom. The van der Waals surface area contributed by atoms with Gasteiger partial charge in [0.25, 0.3) is 0 Å². The topological polar surface area (TPSA) is 373 Å². The predicted molar refractivity (Wildman–Crippen MR) is 342 cm³/mol. The molecule has 0 aliphatic rings. The zero-order chi connectivity index (χ0) is 68.4. The number of carbonyl (C=O) groups is 8. The second-order valence-corrected chi connectivity index (χ2v) is 18.2. The molecule has 0 aliphatic carbocycles. The summed E-state index contributed by atoms with van der Waals surface area (Å²) in [6.07, 6.45) is -5.89. The van der Waals surface area contributed by atoms with Crippen LogP contribution >= 0.6 is 0 Å². The Labute approximate surface area is 534 Å². The van der Waals surface area contributed by atoms with Crippen LogP contribution in [-0.4, -0.2) is 111 Å². The quantitative estimate of drug-likeness (QED) is 0.00685. The number of nitrogens with zero attached hydrogens (tertiary/aromatic N) is 1. The van der Waals surface area contributed by atoms with E-state index in [0.29, 0.717) is 34.6 Å². The number of carboxylic acid groups (broad SMARTS) is 2. The molecule has 3 amide bonds. The first-order valence-corrected chi connectivity index (χ1v) is 27.2. The van der Waals surface area contributed by atoms with Crippen LogP contribution in [-0.2, 0) is 50.2 Å². The summed E-state index contributed by atoms with van der Waals surface area (Å²) < 4.78 is 52.4. The van der Waals surface area contributed by atoms with Crippen LogP contribution in [0.3, 0.4) is 0 Å². The molecule has 0 bridgehead atoms. The summed E-state index contributed by atoms with van der Waals surface area (Å²) in [6.45, 7) is 1.09. The minimum absolute atomic E-state index is 0.0324. The van der Waals surface area contributed by atoms with Gasteiger partial charge in [0.05, 0.1) is 35.6 Å². The van der Waals surface area contributed by atoms with Gasteiger partial charge < -0.3 is 72.7 Å². The van der Waals surface area contributed by atoms with Crippen LogP contribution in [0.2, 0.25) is 0 Å². The lowest BCUT2D eigenvalue weighted by molar-refractivity contribution is -0.192. The highest BCUT2D eigenvalue weighted by Gasteiger charge is 2.38. The molecular weight excluding hydrogens is 1210 g/mol. The number of ether oxygens (including phenoxy) is 4. The number of hydrogen-bond acceptors (Lipinski definition) is 17. The number of rotatable bonds is 19. The van der Waals surface area contributed by atoms with Crippen molar-refractivity contribution in [1.82, 2.24) is 10.6 Å². The molecule has 0 saturated carbocycles. The number of halogens is 3. The van der Waals surface area contributed by atoms with E-state index in [-0.39, 0.29) is 62.4 Å². The third-order valence-corrected chi connectivity index (χ3v) is 11.2. The van der Waals surface area contributed by atoms with Crippen molar-refractivity contribution < 1.29 is 85.8 Å². The number of alkyl halides is 3. The van der Waals surface area contributed by atoms with Gasteiger partial charge in [-0.3, -0.25) is 9.59 Å². The molecule has 0 fully saturated rings. The molecule has 8 aromatic carbocycles. The summed E-state index contributed by atoms with van der Waals surface area (Å²) in [7, 11) is 9.44. The Kier molecular flexibility index (Phi) is 34.3. The minimum atomic E-state index is -5.08. The summed E-state index contributed by atoms with van der Waals surface area (Å²) in [6, 6.07) is 64.0. The van der Waals surface area contributed by atoms with Crippen molar-refractivity contribution in [2.24, 2.45) is 16.5 Å². The molecule has 0 saturated heterocycles. The van der Waals surface area contributed by atoms with E-state index in [1.807, 2.05) is 127 Å². The number of aliphatic carboxylic acids is 1. The van der Waals surface area contributed by atoms with Crippen LogP contribution in [0.5, 0.6) is 0 Å². The number of carboxylic acids is 2. The Morgan fingerprint density at radius 3 is 1.06 bits per heavy atom. The van der Waals surface area contributed by atoms with Gasteiger partial charge >= 0.3 is 42.1 Å². The Balaban J connectivity index is 0.000000305. The normalized spacial score (nSPS) is 10.1. The number of aromatic carboxylic acids is 1. The van der Waals surface area contributed by atoms with Gasteiger partial charge in [0.1, 0.15) is 39.0 Å². The number of hydrogen-bond donors (Lipinski definition) is 10. The van der Waals surface area contributed by atoms with Crippen LogP contribution in [0.15, 0.2) is 223 Å². The maximum Gasteiger partial charge on any atom is 0.490 e. The fraction of sp³-hybridized carbons (Fsp3) is 0.123. The second kappa shape index (κ2) is 42.2. The largest absolute Gasteiger partial charge is 0.490 e. The number of aliphatic hydroxyl groups excluding tert-OH is 1. The van der Waals surface area contributed by atoms with Gasteiger partial charge in [-0.15, -0.1) is 0 Å². The van der Waals surface area contributed by atoms with E-state index in [9.17, 15) is 46.7 Å². The van der Waals surface area contributed by atoms with E-state index in [2.05, 4.69) is 28.8 Å². The fourth-order valence-electron chi connectivity index (χ4n) is 6.61. The maximum atomic E-state index is 11.9. The second-order valence-electron chi connectivity index (χ2n) is 18.2. The van der Waals surface area contributed by atoms with E-state index in [1.165, 1.54) is 24.3 Å². The van der Waals surface area contributed by atoms with Crippen molar-refractivity contribution in [3.8, 4) is 0 Å². The van der Waals surface area contributed by atoms with Gasteiger partial charge in [-0.1, -0.05) is 133 Å². The fourth-order valence-corrected chi connectivity index (χ4v) is 6.61. The molecule has 0 atom stereocenters. The molecular formula is C65H63B2F3N8O15. The average molecular weight is 1270 g/mol. The third-order valence-electron chi connectivity index (χ3n) is 11.2. The first kappa shape index (κ1) is 75.5. The molecule has 0 aromatic heterocycles. The van der Waals surface area contributed by atoms with Crippen molar-refractivity contribution in [2.45, 2.75) is 32.6 Å². The number of aliphatic imine (C=N–C) groups is 1. The Hall–Kier alpha value is -11.8. The number of carbonyl (C=O) groups excluding carboxylic acids is 6. The van der Waals surface area contributed by atoms with Crippen LogP contribution in [0, 0.1) is 0 Å². The summed E-state index contributed by atoms with van der Waals surface area (Å²) >= 11 is 0. The lowest BCUT2D eigenvalue weighted by atomic mass is 10.1. The maximum absolute atomic E-state index is 11.9. The highest BCUT2D eigenvalue weighted by molar-refractivity contribution is 6.57. The summed E-state index contributed by atoms with van der Waals surface area (Å²) in [4.78, 5) is 90.3. The van der Waals surface area contributed by atoms with Gasteiger partial charge in [0.2, 0.25) is 15.7 Å². The van der Waals surface area contributed by atoms with Gasteiger partial charge in [0.15, 0.2) is 11.6 Å². The molecule has 8 rings (SSSR count). The van der Waals surface area contributed by atoms with Crippen LogP contribution < -0.4 is 38.5 Å². The molecule has 13 N–H and O–H groups in total. The van der Waals surface area contributed by atoms with Gasteiger partial charge in [-0.25, -0.2) is 28.8 Å². The first-order chi connectivity index (χ1) is 44.5. The van der Waals surface area contributed by atoms with Crippen molar-refractivity contribution in [1.29, 1.82) is 0 Å². The monoisotopic (exact) mass is 1270 g/mol. The van der Waals surface area contributed by atoms with Crippen molar-refractivity contribution in [2.75, 3.05) is 36.4 Å². The molecule has 28 heteroatoms. The molecule has 0 aliphatic heterocycles. The molecule has 4 radical (unpaired) electrons. The average Bonchev–Trinajstić information content (AvgIpc) is 2.90. The van der Waals surface area contributed by atoms with Crippen molar-refractivity contribution >= 4 is 86.1 Å². The van der Waals surface area contributed by atoms with E-state index in [4.69, 9.17) is 64.1 Å². The van der Waals surface area contributed by atoms with Crippen LogP contribution in [0.25, 0.3) is 0 Å². The lowest BCUT2D eigenvalue weighted by Crippen LogP contribution is -2.27. The molecule has 23 nitrogen and oxygen atoms in total. The van der Waals surface area contributed by atoms with E-state index in [0.717, 1.165) is 33.6 Å². The molecule has 93 heavy (non-hydrogen) atoms. The third kappa shape index (κ3) is 32.9. The van der Waals surface area contributed by atoms with E-state index in [1.54, 1.807) is 72.8 Å². The number of nitrogens with one attached hydrogen (secondary N) is 4. The Morgan fingerprint density at radius 1 is 0.452 bits per heavy atom. The number of esters is 3. The van der Waals surface area contributed by atoms with Crippen molar-refractivity contribution in [3.63, 3.8) is 0 Å². The summed E-state index contributed by atoms with van der Waals surface area (Å²) in [5.41, 5.74) is 24.7. The molecule has 480 valence electrons. The summed E-state index contributed by atoms with van der Waals surface area (Å²) in [5.74, 6) is -6.19. The predicted octanol–water partition coefficient (Wildman–Crippen LogP) is 9.16. The van der Waals surface area contributed by atoms with Crippen LogP contribution in [0.1, 0.15) is 69.2 Å². The first-order valence-electron chi connectivity index (χ1n) is 27.2. The van der Waals surface area contributed by atoms with E-state index >= 15 is 0 Å². The number of aliphatic hydroxyl groups is 1. The molecule has 0 spiro atoms. The highest BCUT2D eigenvalue weighted by atomic mass is 19.4. The standard InChI is InChI=1S/C16H15BN2O3.C16H14N2O4.C15H16N2O2.C14H13NO2.C2H4BNO2.C2HF3O2/c17-16(21)19-11-18-14-8-6-13(7-9-14)15(20)22-10-12-4-2-1-3-5-12;17-14(12-6-8-13(9-7-12)15(19)20)18-16(21)22-10-11-4-2-1-3-5-11;16-11-17-14-8-6-13(7-9-14)15(18)19-10-12-4-2-1-3-5-12;15-13-8-6-12(7-9-13)14(16)17-10-11-4-2-1-3-5-11;3-2(6)4-1-5;3-2(4,5)1(6)7/h1-9,18H,10-11H2,(H,19,21);1-9H,10H2,(H,19,20)(H2,17,18,21);1-9,17H,10-11,16H2;1-9H,10,15H2;5H,1H2,(H,4,6);(H,6,7). The van der Waals surface area contributed by atoms with Crippen LogP contribution in [0.4, 0.5) is 44.6 Å². The number of benzene rings is 8. The smallest absolute Gasteiger partial charge is 0.478 e. The lowest BCUT2D eigenvalue weighted by Gasteiger charge is -2.08. The molecule has 0 heterocycles. The summed E-state index contributed by atoms with van der Waals surface area (Å²) in [5, 5.41) is 34.0. The SMILES string of the molecule is NC(=NC(=O)OCc1ccccc1)c1ccc(C(=O)O)cc1.NCNc1ccc(C(=O)OCc2ccccc2)cc1.Nc1ccc(C(=O)OCc2ccccc2)cc1.O=C(O)C(F)(F)F.[B]C(=O)NCNc1ccc(C(=O)OCc2ccccc2)cc1.[B]C(=O)NCO. The van der Waals surface area contributed by atoms with Gasteiger partial charge in [-0.05, 0) is 107 Å². The van der Waals surface area contributed by atoms with Gasteiger partial charge in [-0.2, -0.15) is 18.2 Å². The Bertz CT molecular complexity index is 3610. The number of nitrogen functional groups attached to an aromatic ring is 1. The number of anilines is 3. The number of amidine groups is 1. The zero-order valence-electron chi connectivity index (χ0n) is 49.4. The highest BCUT2D eigenvalue weighted by Crippen LogP contribution is 2.16. The number of amides is 3.